The Morgan fingerprint density at radius 3 is 1.25 bits per heavy atom. The topological polar surface area (TPSA) is 48.8 Å². The van der Waals surface area contributed by atoms with E-state index in [0.29, 0.717) is 5.95 Å². The van der Waals surface area contributed by atoms with Crippen LogP contribution in [0.2, 0.25) is 0 Å². The van der Waals surface area contributed by atoms with Crippen molar-refractivity contribution in [3.8, 4) is 23.0 Å². The van der Waals surface area contributed by atoms with Crippen LogP contribution in [0.5, 0.6) is 0 Å². The Kier molecular flexibility index (Phi) is 8.16. The van der Waals surface area contributed by atoms with Gasteiger partial charge in [0.15, 0.2) is 8.07 Å². The smallest absolute Gasteiger partial charge is 0.237 e. The number of rotatable bonds is 7. The van der Waals surface area contributed by atoms with Crippen molar-refractivity contribution in [2.75, 3.05) is 0 Å². The number of benzene rings is 9. The first-order valence-corrected chi connectivity index (χ1v) is 23.8. The number of hydrogen-bond donors (Lipinski definition) is 0. The third-order valence-corrected chi connectivity index (χ3v) is 17.9. The van der Waals surface area contributed by atoms with Crippen LogP contribution in [0.3, 0.4) is 0 Å². The van der Waals surface area contributed by atoms with Crippen LogP contribution < -0.4 is 20.7 Å². The van der Waals surface area contributed by atoms with E-state index in [1.807, 2.05) is 0 Å². The fraction of sp³-hybridized carbons (Fsp3) is 0. The summed E-state index contributed by atoms with van der Waals surface area (Å²) < 4.78 is 11.9. The summed E-state index contributed by atoms with van der Waals surface area (Å²) in [6.07, 6.45) is 0. The number of aromatic nitrogens is 4. The zero-order chi connectivity index (χ0) is 42.2. The molecule has 64 heavy (non-hydrogen) atoms. The van der Waals surface area contributed by atoms with Gasteiger partial charge < -0.3 is 4.42 Å². The quantitative estimate of drug-likeness (QED) is 0.119. The first-order chi connectivity index (χ1) is 31.8. The minimum atomic E-state index is -2.95. The normalized spacial score (nSPS) is 12.1. The molecule has 0 aliphatic heterocycles. The summed E-state index contributed by atoms with van der Waals surface area (Å²) in [6.45, 7) is 0. The predicted octanol–water partition coefficient (Wildman–Crippen LogP) is 11.6. The molecule has 0 radical (unpaired) electrons. The average Bonchev–Trinajstić information content (AvgIpc) is 4.04. The van der Waals surface area contributed by atoms with Crippen LogP contribution in [-0.2, 0) is 0 Å². The van der Waals surface area contributed by atoms with Gasteiger partial charge in [-0.25, -0.2) is 4.98 Å². The summed E-state index contributed by atoms with van der Waals surface area (Å²) in [5, 5.41) is 11.9. The molecule has 6 heteroatoms. The molecule has 0 bridgehead atoms. The lowest BCUT2D eigenvalue weighted by Gasteiger charge is -2.34. The minimum absolute atomic E-state index is 0.587. The molecule has 9 aromatic carbocycles. The van der Waals surface area contributed by atoms with Crippen molar-refractivity contribution in [3.05, 3.63) is 231 Å². The largest absolute Gasteiger partial charge is 0.455 e. The van der Waals surface area contributed by atoms with E-state index >= 15 is 0 Å². The van der Waals surface area contributed by atoms with Gasteiger partial charge in [0.1, 0.15) is 17.0 Å². The molecule has 0 spiro atoms. The molecule has 4 aromatic heterocycles. The number of fused-ring (bicyclic) bond motifs is 9. The van der Waals surface area contributed by atoms with Crippen LogP contribution in [0, 0.1) is 0 Å². The highest BCUT2D eigenvalue weighted by molar-refractivity contribution is 7.20. The van der Waals surface area contributed by atoms with Gasteiger partial charge in [0, 0.05) is 43.9 Å². The van der Waals surface area contributed by atoms with E-state index in [1.54, 1.807) is 0 Å². The average molecular weight is 835 g/mol. The predicted molar refractivity (Wildman–Crippen MR) is 267 cm³/mol. The third kappa shape index (κ3) is 5.30. The van der Waals surface area contributed by atoms with Crippen molar-refractivity contribution in [3.63, 3.8) is 0 Å². The molecular formula is C58H38N4OSi. The molecule has 0 saturated heterocycles. The maximum absolute atomic E-state index is 7.44. The van der Waals surface area contributed by atoms with Crippen LogP contribution in [0.4, 0.5) is 0 Å². The zero-order valence-electron chi connectivity index (χ0n) is 34.6. The Hall–Kier alpha value is -8.32. The van der Waals surface area contributed by atoms with E-state index in [-0.39, 0.29) is 0 Å². The van der Waals surface area contributed by atoms with Crippen LogP contribution in [0.1, 0.15) is 0 Å². The maximum Gasteiger partial charge on any atom is 0.237 e. The van der Waals surface area contributed by atoms with Gasteiger partial charge in [-0.15, -0.1) is 0 Å². The summed E-state index contributed by atoms with van der Waals surface area (Å²) >= 11 is 0. The molecule has 13 rings (SSSR count). The van der Waals surface area contributed by atoms with E-state index in [4.69, 9.17) is 14.4 Å². The van der Waals surface area contributed by atoms with Gasteiger partial charge in [0.05, 0.1) is 27.8 Å². The van der Waals surface area contributed by atoms with Crippen molar-refractivity contribution in [2.24, 2.45) is 0 Å². The second-order valence-electron chi connectivity index (χ2n) is 16.5. The lowest BCUT2D eigenvalue weighted by molar-refractivity contribution is 0.672. The summed E-state index contributed by atoms with van der Waals surface area (Å²) in [7, 11) is -2.95. The van der Waals surface area contributed by atoms with Crippen LogP contribution in [0.25, 0.3) is 88.6 Å². The Morgan fingerprint density at radius 1 is 0.344 bits per heavy atom. The summed E-state index contributed by atoms with van der Waals surface area (Å²) in [5.74, 6) is 1.36. The second-order valence-corrected chi connectivity index (χ2v) is 20.2. The van der Waals surface area contributed by atoms with Crippen LogP contribution >= 0.6 is 0 Å². The van der Waals surface area contributed by atoms with Gasteiger partial charge in [0.2, 0.25) is 5.95 Å². The molecule has 0 aliphatic rings. The highest BCUT2D eigenvalue weighted by Crippen LogP contribution is 2.39. The molecule has 0 fully saturated rings. The van der Waals surface area contributed by atoms with Gasteiger partial charge in [-0.1, -0.05) is 194 Å². The van der Waals surface area contributed by atoms with Crippen LogP contribution in [-0.4, -0.2) is 27.2 Å². The highest BCUT2D eigenvalue weighted by Gasteiger charge is 2.43. The molecule has 0 atom stereocenters. The number of nitrogens with zero attached hydrogens (tertiary/aromatic N) is 4. The van der Waals surface area contributed by atoms with Crippen LogP contribution in [0.15, 0.2) is 235 Å². The number of furan rings is 1. The van der Waals surface area contributed by atoms with Crippen molar-refractivity contribution in [2.45, 2.75) is 0 Å². The number of para-hydroxylation sites is 6. The van der Waals surface area contributed by atoms with Crippen molar-refractivity contribution >= 4 is 94.4 Å². The zero-order valence-corrected chi connectivity index (χ0v) is 35.6. The molecule has 0 saturated carbocycles. The highest BCUT2D eigenvalue weighted by atomic mass is 28.3. The molecule has 4 heterocycles. The Labute approximate surface area is 369 Å². The Balaban J connectivity index is 1.13. The minimum Gasteiger partial charge on any atom is -0.455 e. The number of hydrogen-bond acceptors (Lipinski definition) is 3. The molecule has 0 N–H and O–H groups in total. The van der Waals surface area contributed by atoms with Crippen molar-refractivity contribution in [1.29, 1.82) is 0 Å². The molecule has 0 unspecified atom stereocenters. The second kappa shape index (κ2) is 14.4. The lowest BCUT2D eigenvalue weighted by atomic mass is 10.1. The van der Waals surface area contributed by atoms with Gasteiger partial charge in [-0.05, 0) is 51.1 Å². The summed E-state index contributed by atoms with van der Waals surface area (Å²) in [4.78, 5) is 11.0. The van der Waals surface area contributed by atoms with Gasteiger partial charge in [0.25, 0.3) is 0 Å². The van der Waals surface area contributed by atoms with Crippen molar-refractivity contribution < 1.29 is 4.42 Å². The van der Waals surface area contributed by atoms with Gasteiger partial charge in [-0.2, -0.15) is 4.98 Å². The Morgan fingerprint density at radius 2 is 0.750 bits per heavy atom. The summed E-state index contributed by atoms with van der Waals surface area (Å²) in [6, 6.07) is 82.7. The third-order valence-electron chi connectivity index (χ3n) is 13.1. The fourth-order valence-corrected chi connectivity index (χ4v) is 15.3. The van der Waals surface area contributed by atoms with Crippen molar-refractivity contribution in [1.82, 2.24) is 19.1 Å². The van der Waals surface area contributed by atoms with Gasteiger partial charge >= 0.3 is 0 Å². The SMILES string of the molecule is c1ccc([Si](c2ccccc2)(c2ccccc2)c2cccc3c2oc2c(-c4cc(-n5c6ccccc6c6ccccc65)nc(-n5c6ccccc6c6ccccc65)n4)cccc23)cc1. The van der Waals surface area contributed by atoms with E-state index in [0.717, 1.165) is 71.9 Å². The van der Waals surface area contributed by atoms with E-state index < -0.39 is 8.07 Å². The first-order valence-electron chi connectivity index (χ1n) is 21.8. The molecular weight excluding hydrogens is 797 g/mol. The monoisotopic (exact) mass is 834 g/mol. The van der Waals surface area contributed by atoms with Gasteiger partial charge in [-0.3, -0.25) is 9.13 Å². The van der Waals surface area contributed by atoms with E-state index in [2.05, 4.69) is 240 Å². The summed E-state index contributed by atoms with van der Waals surface area (Å²) in [5.41, 5.74) is 7.61. The molecule has 13 aromatic rings. The van der Waals surface area contributed by atoms with E-state index in [9.17, 15) is 0 Å². The molecule has 0 amide bonds. The first kappa shape index (κ1) is 36.3. The molecule has 300 valence electrons. The maximum atomic E-state index is 7.44. The molecule has 0 aliphatic carbocycles. The Bertz CT molecular complexity index is 3570. The lowest BCUT2D eigenvalue weighted by Crippen LogP contribution is -2.74. The van der Waals surface area contributed by atoms with E-state index in [1.165, 1.54) is 31.5 Å². The fourth-order valence-electron chi connectivity index (χ4n) is 10.4. The standard InChI is InChI=1S/C58H38N4OSi/c1-4-20-39(21-5-1)64(40-22-6-2-7-23-40,41-24-8-3-9-25-41)54-37-19-31-47-46-30-18-32-48(56(46)63-57(47)54)49-38-55(61-50-33-14-10-26-42(50)43-27-11-15-34-51(43)61)60-58(59-49)62-52-35-16-12-28-44(52)45-29-13-17-36-53(45)62/h1-38H. The molecule has 5 nitrogen and oxygen atoms in total.